The molecule has 0 saturated carbocycles. The molecule has 0 fully saturated rings. The Hall–Kier alpha value is -3.10. The zero-order valence-electron chi connectivity index (χ0n) is 24.7. The van der Waals surface area contributed by atoms with Crippen LogP contribution < -0.4 is 10.6 Å². The molecular weight excluding hydrogens is 486 g/mol. The molecule has 9 heteroatoms. The first kappa shape index (κ1) is 32.9. The van der Waals surface area contributed by atoms with Gasteiger partial charge in [-0.2, -0.15) is 0 Å². The average molecular weight is 534 g/mol. The number of nitrogens with one attached hydrogen (secondary N) is 2. The lowest BCUT2D eigenvalue weighted by Gasteiger charge is -2.40. The fraction of sp³-hybridized carbons (Fsp3) is 0.655. The van der Waals surface area contributed by atoms with Gasteiger partial charge in [0.2, 0.25) is 11.8 Å². The highest BCUT2D eigenvalue weighted by molar-refractivity contribution is 5.93. The summed E-state index contributed by atoms with van der Waals surface area (Å²) < 4.78 is 10.1. The van der Waals surface area contributed by atoms with E-state index in [0.29, 0.717) is 17.9 Å². The molecule has 0 bridgehead atoms. The molecule has 0 radical (unpaired) electrons. The Labute approximate surface area is 228 Å². The van der Waals surface area contributed by atoms with Crippen molar-refractivity contribution in [2.45, 2.75) is 98.9 Å². The predicted octanol–water partition coefficient (Wildman–Crippen LogP) is 4.53. The number of amides is 3. The maximum Gasteiger partial charge on any atom is 0.408 e. The first-order valence-electron chi connectivity index (χ1n) is 13.3. The van der Waals surface area contributed by atoms with Crippen LogP contribution in [-0.4, -0.2) is 60.1 Å². The van der Waals surface area contributed by atoms with Crippen LogP contribution in [0.2, 0.25) is 0 Å². The second kappa shape index (κ2) is 14.7. The smallest absolute Gasteiger partial charge is 0.408 e. The summed E-state index contributed by atoms with van der Waals surface area (Å²) in [5, 5.41) is 5.37. The number of alkyl carbamates (subject to hydrolysis) is 1. The minimum absolute atomic E-state index is 0.287. The van der Waals surface area contributed by atoms with Crippen molar-refractivity contribution in [1.82, 2.24) is 15.5 Å². The van der Waals surface area contributed by atoms with Gasteiger partial charge in [-0.25, -0.2) is 4.79 Å². The summed E-state index contributed by atoms with van der Waals surface area (Å²) in [6, 6.07) is 5.03. The first-order chi connectivity index (χ1) is 17.6. The molecule has 0 saturated heterocycles. The van der Waals surface area contributed by atoms with Crippen LogP contribution in [0.15, 0.2) is 24.3 Å². The molecule has 9 nitrogen and oxygen atoms in total. The lowest BCUT2D eigenvalue weighted by atomic mass is 9.93. The van der Waals surface area contributed by atoms with E-state index in [-0.39, 0.29) is 18.5 Å². The minimum atomic E-state index is -1.03. The van der Waals surface area contributed by atoms with E-state index in [1.54, 1.807) is 31.7 Å². The van der Waals surface area contributed by atoms with Gasteiger partial charge in [-0.3, -0.25) is 14.4 Å². The monoisotopic (exact) mass is 533 g/mol. The standard InChI is InChI=1S/C29H47N3O6/c1-18(2)15-16-21(6)32(27(35)24(19(3)4)31-28(36)38-29(7,8)9)25(22-14-12-11-13-20(22)5)26(34)30-17-23(33)37-10/h11-14,18-19,21,24-25H,15-17H2,1-10H3,(H,30,34)(H,31,36). The Morgan fingerprint density at radius 2 is 1.58 bits per heavy atom. The zero-order chi connectivity index (χ0) is 29.2. The molecule has 1 rings (SSSR count). The number of hydrogen-bond donors (Lipinski definition) is 2. The molecule has 38 heavy (non-hydrogen) atoms. The molecule has 1 aromatic rings. The second-order valence-electron chi connectivity index (χ2n) is 11.5. The van der Waals surface area contributed by atoms with Crippen LogP contribution in [0.4, 0.5) is 4.79 Å². The third-order valence-corrected chi connectivity index (χ3v) is 6.14. The molecule has 0 aliphatic heterocycles. The summed E-state index contributed by atoms with van der Waals surface area (Å²) in [6.45, 7) is 16.6. The summed E-state index contributed by atoms with van der Waals surface area (Å²) in [7, 11) is 1.24. The van der Waals surface area contributed by atoms with Crippen LogP contribution in [0, 0.1) is 18.8 Å². The third-order valence-electron chi connectivity index (χ3n) is 6.14. The molecular formula is C29H47N3O6. The van der Waals surface area contributed by atoms with Gasteiger partial charge in [-0.05, 0) is 70.4 Å². The lowest BCUT2D eigenvalue weighted by Crippen LogP contribution is -2.57. The Bertz CT molecular complexity index is 954. The maximum absolute atomic E-state index is 14.3. The highest BCUT2D eigenvalue weighted by Crippen LogP contribution is 2.30. The van der Waals surface area contributed by atoms with E-state index < -0.39 is 41.6 Å². The lowest BCUT2D eigenvalue weighted by molar-refractivity contribution is -0.147. The minimum Gasteiger partial charge on any atom is -0.468 e. The highest BCUT2D eigenvalue weighted by Gasteiger charge is 2.40. The van der Waals surface area contributed by atoms with Crippen molar-refractivity contribution < 1.29 is 28.7 Å². The molecule has 2 N–H and O–H groups in total. The highest BCUT2D eigenvalue weighted by atomic mass is 16.6. The number of methoxy groups -OCH3 is 1. The largest absolute Gasteiger partial charge is 0.468 e. The summed E-state index contributed by atoms with van der Waals surface area (Å²) >= 11 is 0. The van der Waals surface area contributed by atoms with E-state index in [1.165, 1.54) is 7.11 Å². The molecule has 0 aromatic heterocycles. The Kier molecular flexibility index (Phi) is 12.8. The van der Waals surface area contributed by atoms with Crippen LogP contribution in [0.25, 0.3) is 0 Å². The number of benzene rings is 1. The summed E-state index contributed by atoms with van der Waals surface area (Å²) in [6.07, 6.45) is 0.774. The Balaban J connectivity index is 3.61. The van der Waals surface area contributed by atoms with Gasteiger partial charge in [-0.1, -0.05) is 52.0 Å². The van der Waals surface area contributed by atoms with Gasteiger partial charge in [0.1, 0.15) is 24.2 Å². The number of carbonyl (C=O) groups is 4. The van der Waals surface area contributed by atoms with E-state index in [9.17, 15) is 19.2 Å². The quantitative estimate of drug-likeness (QED) is 0.382. The zero-order valence-corrected chi connectivity index (χ0v) is 24.7. The van der Waals surface area contributed by atoms with Crippen LogP contribution in [-0.2, 0) is 23.9 Å². The van der Waals surface area contributed by atoms with Gasteiger partial charge in [-0.15, -0.1) is 0 Å². The van der Waals surface area contributed by atoms with E-state index in [1.807, 2.05) is 45.9 Å². The molecule has 214 valence electrons. The number of aryl methyl sites for hydroxylation is 1. The molecule has 3 atom stereocenters. The maximum atomic E-state index is 14.3. The van der Waals surface area contributed by atoms with E-state index in [2.05, 4.69) is 29.2 Å². The fourth-order valence-electron chi connectivity index (χ4n) is 4.06. The van der Waals surface area contributed by atoms with E-state index in [4.69, 9.17) is 4.74 Å². The van der Waals surface area contributed by atoms with Gasteiger partial charge in [0, 0.05) is 6.04 Å². The van der Waals surface area contributed by atoms with Crippen LogP contribution in [0.1, 0.15) is 85.4 Å². The SMILES string of the molecule is COC(=O)CNC(=O)C(c1ccccc1C)N(C(=O)C(NC(=O)OC(C)(C)C)C(C)C)C(C)CCC(C)C. The summed E-state index contributed by atoms with van der Waals surface area (Å²) in [5.41, 5.74) is 0.719. The number of nitrogens with zero attached hydrogens (tertiary/aromatic N) is 1. The Morgan fingerprint density at radius 1 is 0.974 bits per heavy atom. The molecule has 3 amide bonds. The molecule has 0 spiro atoms. The number of rotatable bonds is 12. The van der Waals surface area contributed by atoms with E-state index in [0.717, 1.165) is 12.0 Å². The third kappa shape index (κ3) is 10.3. The fourth-order valence-corrected chi connectivity index (χ4v) is 4.06. The van der Waals surface area contributed by atoms with Gasteiger partial charge in [0.15, 0.2) is 0 Å². The van der Waals surface area contributed by atoms with Crippen molar-refractivity contribution in [3.8, 4) is 0 Å². The second-order valence-corrected chi connectivity index (χ2v) is 11.5. The predicted molar refractivity (Wildman–Crippen MR) is 147 cm³/mol. The molecule has 0 aliphatic rings. The van der Waals surface area contributed by atoms with Crippen LogP contribution in [0.3, 0.4) is 0 Å². The average Bonchev–Trinajstić information content (AvgIpc) is 2.81. The van der Waals surface area contributed by atoms with Crippen LogP contribution in [0.5, 0.6) is 0 Å². The number of carbonyl (C=O) groups excluding carboxylic acids is 4. The first-order valence-corrected chi connectivity index (χ1v) is 13.3. The van der Waals surface area contributed by atoms with E-state index >= 15 is 0 Å². The number of esters is 1. The van der Waals surface area contributed by atoms with Crippen molar-refractivity contribution in [3.05, 3.63) is 35.4 Å². The van der Waals surface area contributed by atoms with Crippen LogP contribution >= 0.6 is 0 Å². The summed E-state index contributed by atoms with van der Waals surface area (Å²) in [4.78, 5) is 54.0. The van der Waals surface area contributed by atoms with Crippen molar-refractivity contribution in [2.24, 2.45) is 11.8 Å². The van der Waals surface area contributed by atoms with Gasteiger partial charge >= 0.3 is 12.1 Å². The van der Waals surface area contributed by atoms with Crippen molar-refractivity contribution in [1.29, 1.82) is 0 Å². The van der Waals surface area contributed by atoms with Gasteiger partial charge < -0.3 is 25.0 Å². The molecule has 0 aliphatic carbocycles. The number of ether oxygens (including phenoxy) is 2. The number of hydrogen-bond acceptors (Lipinski definition) is 6. The molecule has 3 unspecified atom stereocenters. The summed E-state index contributed by atoms with van der Waals surface area (Å²) in [5.74, 6) is -1.40. The van der Waals surface area contributed by atoms with Gasteiger partial charge in [0.25, 0.3) is 0 Å². The van der Waals surface area contributed by atoms with Crippen molar-refractivity contribution >= 4 is 23.9 Å². The van der Waals surface area contributed by atoms with Crippen molar-refractivity contribution in [3.63, 3.8) is 0 Å². The Morgan fingerprint density at radius 3 is 2.08 bits per heavy atom. The van der Waals surface area contributed by atoms with Gasteiger partial charge in [0.05, 0.1) is 7.11 Å². The normalized spacial score (nSPS) is 13.9. The molecule has 1 aromatic carbocycles. The van der Waals surface area contributed by atoms with Crippen molar-refractivity contribution in [2.75, 3.05) is 13.7 Å². The molecule has 0 heterocycles. The topological polar surface area (TPSA) is 114 Å².